The quantitative estimate of drug-likeness (QED) is 0.418. The van der Waals surface area contributed by atoms with Crippen LogP contribution in [0.4, 0.5) is 0 Å². The number of rotatable bonds is 8. The van der Waals surface area contributed by atoms with Gasteiger partial charge in [0.25, 0.3) is 0 Å². The molecule has 1 atom stereocenters. The van der Waals surface area contributed by atoms with E-state index in [9.17, 15) is 4.79 Å². The third kappa shape index (κ3) is 4.95. The number of ether oxygens (including phenoxy) is 2. The molecule has 0 aromatic heterocycles. The molecular formula is C19H26N2O3S. The molecule has 1 aromatic rings. The number of benzene rings is 1. The van der Waals surface area contributed by atoms with E-state index in [0.29, 0.717) is 29.6 Å². The molecule has 1 unspecified atom stereocenters. The van der Waals surface area contributed by atoms with Crippen molar-refractivity contribution in [1.29, 1.82) is 0 Å². The van der Waals surface area contributed by atoms with Crippen LogP contribution in [0.1, 0.15) is 51.6 Å². The van der Waals surface area contributed by atoms with Gasteiger partial charge >= 0.3 is 5.97 Å². The summed E-state index contributed by atoms with van der Waals surface area (Å²) in [6.07, 6.45) is 3.00. The zero-order valence-corrected chi connectivity index (χ0v) is 15.9. The number of unbranched alkanes of at least 4 members (excludes halogenated alkanes) is 2. The molecule has 25 heavy (non-hydrogen) atoms. The monoisotopic (exact) mass is 362 g/mol. The number of para-hydroxylation sites is 1. The lowest BCUT2D eigenvalue weighted by atomic mass is 9.95. The van der Waals surface area contributed by atoms with E-state index in [1.165, 1.54) is 0 Å². The minimum absolute atomic E-state index is 0.326. The van der Waals surface area contributed by atoms with E-state index >= 15 is 0 Å². The highest BCUT2D eigenvalue weighted by atomic mass is 32.1. The van der Waals surface area contributed by atoms with Crippen molar-refractivity contribution in [3.63, 3.8) is 0 Å². The van der Waals surface area contributed by atoms with E-state index < -0.39 is 6.04 Å². The van der Waals surface area contributed by atoms with Crippen molar-refractivity contribution in [3.05, 3.63) is 41.1 Å². The highest BCUT2D eigenvalue weighted by Gasteiger charge is 2.32. The summed E-state index contributed by atoms with van der Waals surface area (Å²) in [7, 11) is 0. The van der Waals surface area contributed by atoms with Crippen LogP contribution in [0.2, 0.25) is 0 Å². The Labute approximate surface area is 154 Å². The van der Waals surface area contributed by atoms with Crippen LogP contribution in [0.15, 0.2) is 35.5 Å². The molecule has 2 N–H and O–H groups in total. The Hall–Kier alpha value is -2.08. The molecule has 0 saturated heterocycles. The van der Waals surface area contributed by atoms with E-state index in [1.807, 2.05) is 38.1 Å². The second-order valence-corrected chi connectivity index (χ2v) is 6.29. The molecule has 136 valence electrons. The topological polar surface area (TPSA) is 59.6 Å². The van der Waals surface area contributed by atoms with Crippen molar-refractivity contribution in [2.24, 2.45) is 0 Å². The number of allylic oxidation sites excluding steroid dienone is 1. The van der Waals surface area contributed by atoms with Crippen molar-refractivity contribution >= 4 is 23.3 Å². The number of carbonyl (C=O) groups is 1. The average molecular weight is 362 g/mol. The highest BCUT2D eigenvalue weighted by molar-refractivity contribution is 7.80. The van der Waals surface area contributed by atoms with Crippen molar-refractivity contribution in [1.82, 2.24) is 10.6 Å². The van der Waals surface area contributed by atoms with Gasteiger partial charge < -0.3 is 20.1 Å². The van der Waals surface area contributed by atoms with E-state index in [0.717, 1.165) is 30.6 Å². The van der Waals surface area contributed by atoms with Gasteiger partial charge in [0.2, 0.25) is 0 Å². The largest absolute Gasteiger partial charge is 0.494 e. The van der Waals surface area contributed by atoms with Crippen LogP contribution in [0.5, 0.6) is 5.75 Å². The first-order valence-corrected chi connectivity index (χ1v) is 9.16. The predicted octanol–water partition coefficient (Wildman–Crippen LogP) is 3.61. The van der Waals surface area contributed by atoms with Crippen LogP contribution in [0.3, 0.4) is 0 Å². The molecule has 1 heterocycles. The summed E-state index contributed by atoms with van der Waals surface area (Å²) < 4.78 is 11.2. The zero-order valence-electron chi connectivity index (χ0n) is 15.1. The van der Waals surface area contributed by atoms with E-state index in [4.69, 9.17) is 21.7 Å². The minimum Gasteiger partial charge on any atom is -0.494 e. The Bertz CT molecular complexity index is 658. The number of hydrogen-bond donors (Lipinski definition) is 2. The lowest BCUT2D eigenvalue weighted by molar-refractivity contribution is -0.139. The number of hydrogen-bond acceptors (Lipinski definition) is 4. The molecule has 1 aliphatic heterocycles. The van der Waals surface area contributed by atoms with Crippen LogP contribution < -0.4 is 15.4 Å². The Kier molecular flexibility index (Phi) is 7.25. The van der Waals surface area contributed by atoms with Gasteiger partial charge in [-0.25, -0.2) is 4.79 Å². The molecule has 0 aliphatic carbocycles. The first-order valence-electron chi connectivity index (χ1n) is 8.75. The normalized spacial score (nSPS) is 16.9. The standard InChI is InChI=1S/C19H26N2O3S/c1-4-6-9-12-24-18(22)16-13(3)20-19(25)21-17(16)14-10-7-8-11-15(14)23-5-2/h7-8,10-11,17H,4-6,9,12H2,1-3H3,(H2,20,21,25). The smallest absolute Gasteiger partial charge is 0.338 e. The molecule has 1 aliphatic rings. The van der Waals surface area contributed by atoms with Gasteiger partial charge in [-0.3, -0.25) is 0 Å². The minimum atomic E-state index is -0.393. The van der Waals surface area contributed by atoms with Gasteiger partial charge in [0.1, 0.15) is 5.75 Å². The van der Waals surface area contributed by atoms with Gasteiger partial charge in [0, 0.05) is 11.3 Å². The van der Waals surface area contributed by atoms with Crippen LogP contribution in [-0.2, 0) is 9.53 Å². The lowest BCUT2D eigenvalue weighted by Gasteiger charge is -2.30. The molecule has 0 amide bonds. The van der Waals surface area contributed by atoms with Crippen LogP contribution in [-0.4, -0.2) is 24.3 Å². The van der Waals surface area contributed by atoms with E-state index in [-0.39, 0.29) is 5.97 Å². The van der Waals surface area contributed by atoms with Crippen molar-refractivity contribution in [2.45, 2.75) is 46.1 Å². The fraction of sp³-hybridized carbons (Fsp3) is 0.474. The summed E-state index contributed by atoms with van der Waals surface area (Å²) in [5.74, 6) is 0.406. The zero-order chi connectivity index (χ0) is 18.2. The van der Waals surface area contributed by atoms with Crippen LogP contribution in [0, 0.1) is 0 Å². The fourth-order valence-electron chi connectivity index (χ4n) is 2.80. The molecule has 0 bridgehead atoms. The second kappa shape index (κ2) is 9.42. The fourth-order valence-corrected chi connectivity index (χ4v) is 3.07. The van der Waals surface area contributed by atoms with Gasteiger partial charge in [-0.05, 0) is 38.6 Å². The number of nitrogens with one attached hydrogen (secondary N) is 2. The first-order chi connectivity index (χ1) is 12.1. The third-order valence-electron chi connectivity index (χ3n) is 4.00. The number of thiocarbonyl (C=S) groups is 1. The van der Waals surface area contributed by atoms with Crippen molar-refractivity contribution < 1.29 is 14.3 Å². The van der Waals surface area contributed by atoms with Gasteiger partial charge in [0.05, 0.1) is 24.8 Å². The van der Waals surface area contributed by atoms with Crippen molar-refractivity contribution in [3.8, 4) is 5.75 Å². The lowest BCUT2D eigenvalue weighted by Crippen LogP contribution is -2.45. The average Bonchev–Trinajstić information content (AvgIpc) is 2.58. The summed E-state index contributed by atoms with van der Waals surface area (Å²) in [5, 5.41) is 6.68. The maximum Gasteiger partial charge on any atom is 0.338 e. The Morgan fingerprint density at radius 2 is 2.00 bits per heavy atom. The Morgan fingerprint density at radius 1 is 1.24 bits per heavy atom. The van der Waals surface area contributed by atoms with Gasteiger partial charge in [-0.1, -0.05) is 38.0 Å². The highest BCUT2D eigenvalue weighted by Crippen LogP contribution is 2.33. The van der Waals surface area contributed by atoms with E-state index in [1.54, 1.807) is 0 Å². The summed E-state index contributed by atoms with van der Waals surface area (Å²) in [6.45, 7) is 6.86. The predicted molar refractivity (Wildman–Crippen MR) is 102 cm³/mol. The molecule has 0 radical (unpaired) electrons. The molecule has 5 nitrogen and oxygen atoms in total. The Balaban J connectivity index is 2.29. The molecule has 0 spiro atoms. The van der Waals surface area contributed by atoms with Gasteiger partial charge in [-0.2, -0.15) is 0 Å². The third-order valence-corrected chi connectivity index (χ3v) is 4.22. The summed E-state index contributed by atoms with van der Waals surface area (Å²) in [4.78, 5) is 12.7. The first kappa shape index (κ1) is 19.2. The van der Waals surface area contributed by atoms with Crippen LogP contribution >= 0.6 is 12.2 Å². The van der Waals surface area contributed by atoms with Crippen molar-refractivity contribution in [2.75, 3.05) is 13.2 Å². The number of carbonyl (C=O) groups excluding carboxylic acids is 1. The number of esters is 1. The molecule has 0 saturated carbocycles. The molecule has 0 fully saturated rings. The van der Waals surface area contributed by atoms with Gasteiger partial charge in [-0.15, -0.1) is 0 Å². The molecule has 1 aromatic carbocycles. The molecule has 2 rings (SSSR count). The molecule has 6 heteroatoms. The van der Waals surface area contributed by atoms with E-state index in [2.05, 4.69) is 17.6 Å². The Morgan fingerprint density at radius 3 is 2.72 bits per heavy atom. The SMILES string of the molecule is CCCCCOC(=O)C1=C(C)NC(=S)NC1c1ccccc1OCC. The summed E-state index contributed by atoms with van der Waals surface area (Å²) in [5.41, 5.74) is 2.12. The molecular weight excluding hydrogens is 336 g/mol. The van der Waals surface area contributed by atoms with Crippen LogP contribution in [0.25, 0.3) is 0 Å². The summed E-state index contributed by atoms with van der Waals surface area (Å²) in [6, 6.07) is 7.27. The maximum atomic E-state index is 12.7. The summed E-state index contributed by atoms with van der Waals surface area (Å²) >= 11 is 5.28. The van der Waals surface area contributed by atoms with Gasteiger partial charge in [0.15, 0.2) is 5.11 Å². The maximum absolute atomic E-state index is 12.7. The second-order valence-electron chi connectivity index (χ2n) is 5.88.